The standard InChI is InChI=1S/C14H18O2S/c1-9-4-5-10(2)13(6-9)14(15)11(3)17-12-7-16-8-12/h4-6,11-12H,7-8H2,1-3H3. The third-order valence-electron chi connectivity index (χ3n) is 3.03. The number of benzene rings is 1. The van der Waals surface area contributed by atoms with Crippen LogP contribution in [-0.2, 0) is 4.74 Å². The van der Waals surface area contributed by atoms with Crippen LogP contribution in [0, 0.1) is 13.8 Å². The molecule has 2 nitrogen and oxygen atoms in total. The van der Waals surface area contributed by atoms with Crippen LogP contribution in [0.25, 0.3) is 0 Å². The Morgan fingerprint density at radius 3 is 2.71 bits per heavy atom. The molecule has 1 unspecified atom stereocenters. The van der Waals surface area contributed by atoms with Gasteiger partial charge in [0.05, 0.1) is 23.7 Å². The molecule has 0 amide bonds. The van der Waals surface area contributed by atoms with Gasteiger partial charge in [0.1, 0.15) is 0 Å². The summed E-state index contributed by atoms with van der Waals surface area (Å²) in [6.07, 6.45) is 0. The van der Waals surface area contributed by atoms with E-state index in [4.69, 9.17) is 4.74 Å². The molecular formula is C14H18O2S. The molecule has 0 spiro atoms. The topological polar surface area (TPSA) is 26.3 Å². The molecule has 2 rings (SSSR count). The summed E-state index contributed by atoms with van der Waals surface area (Å²) in [5.41, 5.74) is 3.08. The smallest absolute Gasteiger partial charge is 0.175 e. The summed E-state index contributed by atoms with van der Waals surface area (Å²) in [7, 11) is 0. The lowest BCUT2D eigenvalue weighted by molar-refractivity contribution is 0.0453. The van der Waals surface area contributed by atoms with Gasteiger partial charge in [-0.25, -0.2) is 0 Å². The van der Waals surface area contributed by atoms with Gasteiger partial charge < -0.3 is 4.74 Å². The van der Waals surface area contributed by atoms with Crippen LogP contribution >= 0.6 is 11.8 Å². The van der Waals surface area contributed by atoms with E-state index in [1.807, 2.05) is 39.0 Å². The summed E-state index contributed by atoms with van der Waals surface area (Å²) < 4.78 is 5.13. The summed E-state index contributed by atoms with van der Waals surface area (Å²) >= 11 is 1.73. The Morgan fingerprint density at radius 1 is 1.41 bits per heavy atom. The first kappa shape index (κ1) is 12.7. The lowest BCUT2D eigenvalue weighted by atomic mass is 10.0. The highest BCUT2D eigenvalue weighted by atomic mass is 32.2. The van der Waals surface area contributed by atoms with Gasteiger partial charge in [-0.2, -0.15) is 0 Å². The Hall–Kier alpha value is -0.800. The van der Waals surface area contributed by atoms with E-state index in [2.05, 4.69) is 0 Å². The molecule has 1 aliphatic heterocycles. The van der Waals surface area contributed by atoms with Crippen molar-refractivity contribution in [3.63, 3.8) is 0 Å². The zero-order valence-electron chi connectivity index (χ0n) is 10.5. The maximum atomic E-state index is 12.3. The van der Waals surface area contributed by atoms with Gasteiger partial charge in [-0.1, -0.05) is 17.7 Å². The van der Waals surface area contributed by atoms with E-state index in [9.17, 15) is 4.79 Å². The second-order valence-corrected chi connectivity index (χ2v) is 6.27. The SMILES string of the molecule is Cc1ccc(C)c(C(=O)C(C)SC2COC2)c1. The minimum atomic E-state index is 0.0180. The molecule has 1 aromatic carbocycles. The van der Waals surface area contributed by atoms with Crippen molar-refractivity contribution in [3.8, 4) is 0 Å². The fourth-order valence-electron chi connectivity index (χ4n) is 1.86. The Balaban J connectivity index is 2.09. The first-order valence-electron chi connectivity index (χ1n) is 5.92. The monoisotopic (exact) mass is 250 g/mol. The number of carbonyl (C=O) groups excluding carboxylic acids is 1. The van der Waals surface area contributed by atoms with Gasteiger partial charge in [0, 0.05) is 5.56 Å². The van der Waals surface area contributed by atoms with Crippen molar-refractivity contribution in [2.45, 2.75) is 31.3 Å². The quantitative estimate of drug-likeness (QED) is 0.768. The molecule has 0 bridgehead atoms. The maximum Gasteiger partial charge on any atom is 0.175 e. The van der Waals surface area contributed by atoms with Gasteiger partial charge in [0.15, 0.2) is 5.78 Å². The predicted molar refractivity (Wildman–Crippen MR) is 71.9 cm³/mol. The molecule has 1 aromatic rings. The Bertz CT molecular complexity index is 424. The van der Waals surface area contributed by atoms with Gasteiger partial charge >= 0.3 is 0 Å². The third-order valence-corrected chi connectivity index (χ3v) is 4.31. The van der Waals surface area contributed by atoms with E-state index in [1.54, 1.807) is 11.8 Å². The van der Waals surface area contributed by atoms with E-state index in [0.717, 1.165) is 29.9 Å². The zero-order chi connectivity index (χ0) is 12.4. The van der Waals surface area contributed by atoms with E-state index in [1.165, 1.54) is 0 Å². The fourth-order valence-corrected chi connectivity index (χ4v) is 3.04. The van der Waals surface area contributed by atoms with Crippen molar-refractivity contribution in [1.29, 1.82) is 0 Å². The van der Waals surface area contributed by atoms with Gasteiger partial charge in [0.25, 0.3) is 0 Å². The molecule has 1 atom stereocenters. The molecule has 0 radical (unpaired) electrons. The molecule has 92 valence electrons. The number of rotatable bonds is 4. The number of ketones is 1. The Morgan fingerprint density at radius 2 is 2.12 bits per heavy atom. The molecule has 1 heterocycles. The number of hydrogen-bond acceptors (Lipinski definition) is 3. The maximum absolute atomic E-state index is 12.3. The molecule has 0 saturated carbocycles. The van der Waals surface area contributed by atoms with E-state index in [0.29, 0.717) is 5.25 Å². The van der Waals surface area contributed by atoms with Crippen LogP contribution in [0.15, 0.2) is 18.2 Å². The molecule has 17 heavy (non-hydrogen) atoms. The van der Waals surface area contributed by atoms with Crippen molar-refractivity contribution in [2.24, 2.45) is 0 Å². The molecule has 0 N–H and O–H groups in total. The van der Waals surface area contributed by atoms with E-state index < -0.39 is 0 Å². The summed E-state index contributed by atoms with van der Waals surface area (Å²) in [6, 6.07) is 6.06. The van der Waals surface area contributed by atoms with Crippen molar-refractivity contribution >= 4 is 17.5 Å². The largest absolute Gasteiger partial charge is 0.379 e. The third kappa shape index (κ3) is 2.90. The van der Waals surface area contributed by atoms with E-state index >= 15 is 0 Å². The summed E-state index contributed by atoms with van der Waals surface area (Å²) in [6.45, 7) is 7.58. The second kappa shape index (κ2) is 5.23. The molecule has 3 heteroatoms. The molecule has 0 aliphatic carbocycles. The first-order chi connectivity index (χ1) is 8.08. The van der Waals surface area contributed by atoms with Crippen molar-refractivity contribution < 1.29 is 9.53 Å². The van der Waals surface area contributed by atoms with Crippen molar-refractivity contribution in [2.75, 3.05) is 13.2 Å². The summed E-state index contributed by atoms with van der Waals surface area (Å²) in [5, 5.41) is 0.517. The van der Waals surface area contributed by atoms with Crippen molar-refractivity contribution in [3.05, 3.63) is 34.9 Å². The Kier molecular flexibility index (Phi) is 3.89. The average Bonchev–Trinajstić information content (AvgIpc) is 2.25. The van der Waals surface area contributed by atoms with Crippen LogP contribution in [0.4, 0.5) is 0 Å². The molecular weight excluding hydrogens is 232 g/mol. The summed E-state index contributed by atoms with van der Waals surface area (Å²) in [4.78, 5) is 12.3. The average molecular weight is 250 g/mol. The lowest BCUT2D eigenvalue weighted by Gasteiger charge is -2.27. The van der Waals surface area contributed by atoms with Crippen LogP contribution in [0.5, 0.6) is 0 Å². The summed E-state index contributed by atoms with van der Waals surface area (Å²) in [5.74, 6) is 0.239. The van der Waals surface area contributed by atoms with Crippen LogP contribution < -0.4 is 0 Å². The molecule has 0 aromatic heterocycles. The van der Waals surface area contributed by atoms with Gasteiger partial charge in [0.2, 0.25) is 0 Å². The highest BCUT2D eigenvalue weighted by molar-refractivity contribution is 8.01. The molecule has 1 fully saturated rings. The normalized spacial score (nSPS) is 17.6. The van der Waals surface area contributed by atoms with Gasteiger partial charge in [-0.3, -0.25) is 4.79 Å². The number of thioether (sulfide) groups is 1. The number of Topliss-reactive ketones (excluding diaryl/α,β-unsaturated/α-hetero) is 1. The van der Waals surface area contributed by atoms with Crippen LogP contribution in [0.2, 0.25) is 0 Å². The Labute approximate surface area is 107 Å². The zero-order valence-corrected chi connectivity index (χ0v) is 11.3. The molecule has 1 aliphatic rings. The minimum absolute atomic E-state index is 0.0180. The van der Waals surface area contributed by atoms with E-state index in [-0.39, 0.29) is 11.0 Å². The second-order valence-electron chi connectivity index (χ2n) is 4.62. The van der Waals surface area contributed by atoms with Crippen LogP contribution in [0.3, 0.4) is 0 Å². The highest BCUT2D eigenvalue weighted by Gasteiger charge is 2.26. The van der Waals surface area contributed by atoms with Crippen LogP contribution in [-0.4, -0.2) is 29.5 Å². The lowest BCUT2D eigenvalue weighted by Crippen LogP contribution is -2.33. The van der Waals surface area contributed by atoms with Gasteiger partial charge in [-0.05, 0) is 32.4 Å². The fraction of sp³-hybridized carbons (Fsp3) is 0.500. The first-order valence-corrected chi connectivity index (χ1v) is 6.87. The molecule has 1 saturated heterocycles. The van der Waals surface area contributed by atoms with Crippen LogP contribution in [0.1, 0.15) is 28.4 Å². The predicted octanol–water partition coefficient (Wildman–Crippen LogP) is 3.01. The number of hydrogen-bond donors (Lipinski definition) is 0. The number of carbonyl (C=O) groups is 1. The van der Waals surface area contributed by atoms with Crippen molar-refractivity contribution in [1.82, 2.24) is 0 Å². The number of ether oxygens (including phenoxy) is 1. The number of aryl methyl sites for hydroxylation is 2. The minimum Gasteiger partial charge on any atom is -0.379 e. The highest BCUT2D eigenvalue weighted by Crippen LogP contribution is 2.27. The van der Waals surface area contributed by atoms with Gasteiger partial charge in [-0.15, -0.1) is 11.8 Å².